The molecule has 0 saturated heterocycles. The Morgan fingerprint density at radius 1 is 1.19 bits per heavy atom. The molecule has 2 aromatic carbocycles. The van der Waals surface area contributed by atoms with Crippen LogP contribution in [-0.4, -0.2) is 51.4 Å². The molecule has 0 aliphatic carbocycles. The van der Waals surface area contributed by atoms with Crippen LogP contribution in [-0.2, 0) is 14.8 Å². The monoisotopic (exact) mass is 460 g/mol. The van der Waals surface area contributed by atoms with Gasteiger partial charge in [-0.1, -0.05) is 17.7 Å². The van der Waals surface area contributed by atoms with E-state index in [9.17, 15) is 13.2 Å². The number of amides is 1. The largest absolute Gasteiger partial charge is 0.495 e. The van der Waals surface area contributed by atoms with Crippen LogP contribution >= 0.6 is 11.3 Å². The first-order valence-electron chi connectivity index (χ1n) is 9.39. The Morgan fingerprint density at radius 3 is 2.52 bits per heavy atom. The highest BCUT2D eigenvalue weighted by Crippen LogP contribution is 2.32. The van der Waals surface area contributed by atoms with Crippen LogP contribution in [0.15, 0.2) is 52.7 Å². The predicted molar refractivity (Wildman–Crippen MR) is 123 cm³/mol. The Morgan fingerprint density at radius 2 is 1.90 bits per heavy atom. The number of carbonyl (C=O) groups excluding carboxylic acids is 1. The van der Waals surface area contributed by atoms with Crippen molar-refractivity contribution in [3.8, 4) is 17.0 Å². The average Bonchev–Trinajstić information content (AvgIpc) is 3.23. The minimum Gasteiger partial charge on any atom is -0.495 e. The summed E-state index contributed by atoms with van der Waals surface area (Å²) >= 11 is 1.47. The summed E-state index contributed by atoms with van der Waals surface area (Å²) in [5.41, 5.74) is 2.94. The number of thiazole rings is 1. The van der Waals surface area contributed by atoms with Crippen LogP contribution < -0.4 is 15.4 Å². The van der Waals surface area contributed by atoms with Crippen molar-refractivity contribution in [3.05, 3.63) is 53.4 Å². The third-order valence-electron chi connectivity index (χ3n) is 4.58. The number of sulfonamides is 1. The summed E-state index contributed by atoms with van der Waals surface area (Å²) in [6, 6.07) is 11.8. The van der Waals surface area contributed by atoms with Crippen LogP contribution in [0.3, 0.4) is 0 Å². The van der Waals surface area contributed by atoms with Gasteiger partial charge in [-0.3, -0.25) is 4.79 Å². The minimum absolute atomic E-state index is 0.136. The van der Waals surface area contributed by atoms with Crippen molar-refractivity contribution >= 4 is 38.1 Å². The van der Waals surface area contributed by atoms with Crippen molar-refractivity contribution in [2.75, 3.05) is 38.4 Å². The quantitative estimate of drug-likeness (QED) is 0.534. The van der Waals surface area contributed by atoms with Crippen molar-refractivity contribution in [2.45, 2.75) is 11.8 Å². The van der Waals surface area contributed by atoms with Gasteiger partial charge < -0.3 is 15.4 Å². The summed E-state index contributed by atoms with van der Waals surface area (Å²) in [4.78, 5) is 17.2. The topological polar surface area (TPSA) is 101 Å². The first kappa shape index (κ1) is 22.7. The van der Waals surface area contributed by atoms with E-state index in [2.05, 4.69) is 15.6 Å². The zero-order valence-corrected chi connectivity index (χ0v) is 19.3. The van der Waals surface area contributed by atoms with Crippen LogP contribution in [0.1, 0.15) is 5.56 Å². The molecule has 0 atom stereocenters. The molecule has 10 heteroatoms. The lowest BCUT2D eigenvalue weighted by molar-refractivity contribution is -0.116. The molecular weight excluding hydrogens is 436 g/mol. The van der Waals surface area contributed by atoms with Crippen LogP contribution in [0.4, 0.5) is 10.8 Å². The van der Waals surface area contributed by atoms with Crippen molar-refractivity contribution < 1.29 is 17.9 Å². The van der Waals surface area contributed by atoms with E-state index in [1.54, 1.807) is 31.3 Å². The fourth-order valence-corrected chi connectivity index (χ4v) is 4.66. The normalized spacial score (nSPS) is 11.4. The van der Waals surface area contributed by atoms with E-state index >= 15 is 0 Å². The molecule has 164 valence electrons. The van der Waals surface area contributed by atoms with Gasteiger partial charge in [0.1, 0.15) is 5.75 Å². The molecule has 31 heavy (non-hydrogen) atoms. The second-order valence-corrected chi connectivity index (χ2v) is 9.73. The Labute approximate surface area is 185 Å². The lowest BCUT2D eigenvalue weighted by atomic mass is 10.1. The number of aromatic nitrogens is 1. The predicted octanol–water partition coefficient (Wildman–Crippen LogP) is 3.43. The molecule has 3 aromatic rings. The van der Waals surface area contributed by atoms with Gasteiger partial charge >= 0.3 is 0 Å². The molecule has 0 spiro atoms. The molecule has 0 radical (unpaired) electrons. The van der Waals surface area contributed by atoms with Gasteiger partial charge in [0.05, 0.1) is 29.9 Å². The Bertz CT molecular complexity index is 1170. The zero-order chi connectivity index (χ0) is 22.6. The van der Waals surface area contributed by atoms with Crippen molar-refractivity contribution in [1.29, 1.82) is 0 Å². The maximum absolute atomic E-state index is 12.7. The molecule has 1 heterocycles. The number of nitrogens with zero attached hydrogens (tertiary/aromatic N) is 2. The maximum Gasteiger partial charge on any atom is 0.243 e. The van der Waals surface area contributed by atoms with Gasteiger partial charge in [0.2, 0.25) is 15.9 Å². The second kappa shape index (κ2) is 9.46. The molecular formula is C21H24N4O4S2. The molecule has 0 aliphatic heterocycles. The van der Waals surface area contributed by atoms with Gasteiger partial charge in [-0.25, -0.2) is 13.4 Å². The van der Waals surface area contributed by atoms with E-state index in [4.69, 9.17) is 4.74 Å². The summed E-state index contributed by atoms with van der Waals surface area (Å²) in [6.07, 6.45) is 0. The molecule has 0 aliphatic rings. The Kier molecular flexibility index (Phi) is 6.94. The fourth-order valence-electron chi connectivity index (χ4n) is 2.85. The van der Waals surface area contributed by atoms with Crippen LogP contribution in [0, 0.1) is 6.92 Å². The number of aryl methyl sites for hydroxylation is 1. The number of hydrogen-bond donors (Lipinski definition) is 2. The van der Waals surface area contributed by atoms with Gasteiger partial charge in [-0.2, -0.15) is 4.31 Å². The zero-order valence-electron chi connectivity index (χ0n) is 17.7. The molecule has 3 rings (SSSR count). The first-order chi connectivity index (χ1) is 14.7. The number of methoxy groups -OCH3 is 1. The van der Waals surface area contributed by atoms with E-state index in [0.717, 1.165) is 26.3 Å². The summed E-state index contributed by atoms with van der Waals surface area (Å²) in [6.45, 7) is 1.53. The number of carbonyl (C=O) groups is 1. The van der Waals surface area contributed by atoms with Gasteiger partial charge in [0, 0.05) is 25.0 Å². The Hall–Kier alpha value is -2.95. The minimum atomic E-state index is -3.78. The fraction of sp³-hybridized carbons (Fsp3) is 0.238. The number of hydrogen-bond acceptors (Lipinski definition) is 7. The van der Waals surface area contributed by atoms with E-state index in [1.807, 2.05) is 18.4 Å². The first-order valence-corrected chi connectivity index (χ1v) is 11.7. The van der Waals surface area contributed by atoms with E-state index in [1.165, 1.54) is 37.6 Å². The molecule has 0 bridgehead atoms. The molecule has 0 fully saturated rings. The molecule has 1 amide bonds. The Balaban J connectivity index is 1.77. The highest BCUT2D eigenvalue weighted by molar-refractivity contribution is 7.89. The summed E-state index contributed by atoms with van der Waals surface area (Å²) in [5.74, 6) is -0.0203. The number of anilines is 2. The van der Waals surface area contributed by atoms with Crippen LogP contribution in [0.2, 0.25) is 0 Å². The molecule has 0 unspecified atom stereocenters. The smallest absolute Gasteiger partial charge is 0.243 e. The highest BCUT2D eigenvalue weighted by Gasteiger charge is 2.23. The molecule has 1 aromatic heterocycles. The second-order valence-electron chi connectivity index (χ2n) is 6.83. The van der Waals surface area contributed by atoms with Crippen molar-refractivity contribution in [3.63, 3.8) is 0 Å². The number of rotatable bonds is 8. The number of nitrogens with one attached hydrogen (secondary N) is 2. The van der Waals surface area contributed by atoms with Crippen molar-refractivity contribution in [2.24, 2.45) is 0 Å². The van der Waals surface area contributed by atoms with Crippen LogP contribution in [0.5, 0.6) is 5.75 Å². The van der Waals surface area contributed by atoms with Gasteiger partial charge in [0.25, 0.3) is 0 Å². The third kappa shape index (κ3) is 5.22. The molecule has 8 nitrogen and oxygen atoms in total. The third-order valence-corrected chi connectivity index (χ3v) is 7.26. The van der Waals surface area contributed by atoms with Gasteiger partial charge in [0.15, 0.2) is 5.13 Å². The van der Waals surface area contributed by atoms with E-state index < -0.39 is 15.9 Å². The lowest BCUT2D eigenvalue weighted by Gasteiger charge is -2.18. The summed E-state index contributed by atoms with van der Waals surface area (Å²) in [5, 5.41) is 8.42. The average molecular weight is 461 g/mol. The van der Waals surface area contributed by atoms with Gasteiger partial charge in [-0.15, -0.1) is 11.3 Å². The number of ether oxygens (including phenoxy) is 1. The highest BCUT2D eigenvalue weighted by atomic mass is 32.2. The SMILES string of the molecule is CNc1nc(-c2ccc(OC)c(NC(=O)CN(C)S(=O)(=O)c3ccc(C)cc3)c2)cs1. The molecule has 2 N–H and O–H groups in total. The standard InChI is InChI=1S/C21H24N4O4S2/c1-14-5-8-16(9-6-14)31(27,28)25(3)12-20(26)23-17-11-15(7-10-19(17)29-4)18-13-30-21(22-2)24-18/h5-11,13H,12H2,1-4H3,(H,22,24)(H,23,26). The van der Waals surface area contributed by atoms with E-state index in [-0.39, 0.29) is 11.4 Å². The van der Waals surface area contributed by atoms with E-state index in [0.29, 0.717) is 11.4 Å². The maximum atomic E-state index is 12.7. The lowest BCUT2D eigenvalue weighted by Crippen LogP contribution is -2.35. The van der Waals surface area contributed by atoms with Crippen LogP contribution in [0.25, 0.3) is 11.3 Å². The number of likely N-dealkylation sites (N-methyl/N-ethyl adjacent to an activating group) is 1. The van der Waals surface area contributed by atoms with Crippen molar-refractivity contribution in [1.82, 2.24) is 9.29 Å². The molecule has 0 saturated carbocycles. The summed E-state index contributed by atoms with van der Waals surface area (Å²) < 4.78 is 31.8. The van der Waals surface area contributed by atoms with Gasteiger partial charge in [-0.05, 0) is 37.3 Å². The number of benzene rings is 2. The summed E-state index contributed by atoms with van der Waals surface area (Å²) in [7, 11) is 0.883.